The van der Waals surface area contributed by atoms with E-state index in [4.69, 9.17) is 10.2 Å². The topological polar surface area (TPSA) is 56.2 Å². The molecule has 22 heavy (non-hydrogen) atoms. The second-order valence-corrected chi connectivity index (χ2v) is 5.35. The molecule has 3 nitrogen and oxygen atoms in total. The monoisotopic (exact) mass is 291 g/mol. The van der Waals surface area contributed by atoms with Crippen molar-refractivity contribution in [2.24, 2.45) is 0 Å². The van der Waals surface area contributed by atoms with E-state index in [1.165, 1.54) is 5.56 Å². The average molecular weight is 291 g/mol. The highest BCUT2D eigenvalue weighted by Crippen LogP contribution is 2.28. The van der Waals surface area contributed by atoms with Gasteiger partial charge in [-0.3, -0.25) is 0 Å². The van der Waals surface area contributed by atoms with Crippen molar-refractivity contribution in [3.05, 3.63) is 81.7 Å². The third kappa shape index (κ3) is 2.42. The maximum atomic E-state index is 11.8. The van der Waals surface area contributed by atoms with Gasteiger partial charge in [0, 0.05) is 5.39 Å². The Morgan fingerprint density at radius 2 is 1.95 bits per heavy atom. The lowest BCUT2D eigenvalue weighted by Crippen LogP contribution is -2.10. The van der Waals surface area contributed by atoms with Crippen LogP contribution in [0.25, 0.3) is 17.0 Å². The van der Waals surface area contributed by atoms with E-state index in [0.29, 0.717) is 5.58 Å². The van der Waals surface area contributed by atoms with Gasteiger partial charge in [-0.05, 0) is 41.7 Å². The first-order valence-corrected chi connectivity index (χ1v) is 7.12. The smallest absolute Gasteiger partial charge is 0.359 e. The third-order valence-electron chi connectivity index (χ3n) is 3.88. The predicted molar refractivity (Wildman–Crippen MR) is 91.0 cm³/mol. The summed E-state index contributed by atoms with van der Waals surface area (Å²) in [5, 5.41) is 0.909. The van der Waals surface area contributed by atoms with Gasteiger partial charge in [0.1, 0.15) is 11.3 Å². The summed E-state index contributed by atoms with van der Waals surface area (Å²) in [6, 6.07) is 14.0. The van der Waals surface area contributed by atoms with Crippen molar-refractivity contribution in [3.8, 4) is 0 Å². The Kier molecular flexibility index (Phi) is 3.55. The molecule has 0 spiro atoms. The molecule has 0 saturated carbocycles. The van der Waals surface area contributed by atoms with Gasteiger partial charge >= 0.3 is 5.63 Å². The van der Waals surface area contributed by atoms with Crippen molar-refractivity contribution >= 4 is 22.7 Å². The van der Waals surface area contributed by atoms with Crippen LogP contribution < -0.4 is 11.4 Å². The fourth-order valence-electron chi connectivity index (χ4n) is 2.72. The maximum Gasteiger partial charge on any atom is 0.359 e. The zero-order valence-electron chi connectivity index (χ0n) is 12.4. The van der Waals surface area contributed by atoms with E-state index in [-0.39, 0.29) is 5.69 Å². The van der Waals surface area contributed by atoms with Gasteiger partial charge in [-0.15, -0.1) is 0 Å². The summed E-state index contributed by atoms with van der Waals surface area (Å²) in [7, 11) is 0. The summed E-state index contributed by atoms with van der Waals surface area (Å²) in [5.41, 5.74) is 10.1. The number of hydrogen-bond acceptors (Lipinski definition) is 3. The molecule has 110 valence electrons. The van der Waals surface area contributed by atoms with Crippen LogP contribution in [0.2, 0.25) is 0 Å². The molecular weight excluding hydrogens is 274 g/mol. The van der Waals surface area contributed by atoms with E-state index in [1.807, 2.05) is 31.2 Å². The summed E-state index contributed by atoms with van der Waals surface area (Å²) in [6.07, 6.45) is 2.49. The molecule has 0 amide bonds. The first-order chi connectivity index (χ1) is 10.6. The average Bonchev–Trinajstić information content (AvgIpc) is 2.53. The number of nitrogen functional groups attached to an aromatic ring is 1. The van der Waals surface area contributed by atoms with E-state index >= 15 is 0 Å². The molecule has 0 bridgehead atoms. The molecule has 2 N–H and O–H groups in total. The van der Waals surface area contributed by atoms with Crippen LogP contribution in [0.1, 0.15) is 22.3 Å². The normalized spacial score (nSPS) is 10.8. The lowest BCUT2D eigenvalue weighted by molar-refractivity contribution is 0.563. The Balaban J connectivity index is 2.29. The molecule has 1 heterocycles. The second-order valence-electron chi connectivity index (χ2n) is 5.35. The van der Waals surface area contributed by atoms with E-state index in [0.717, 1.165) is 28.5 Å². The largest absolute Gasteiger partial charge is 0.421 e. The van der Waals surface area contributed by atoms with Gasteiger partial charge in [-0.2, -0.15) is 0 Å². The highest BCUT2D eigenvalue weighted by Gasteiger charge is 2.13. The number of nitrogens with two attached hydrogens (primary N) is 1. The Morgan fingerprint density at radius 3 is 2.64 bits per heavy atom. The zero-order valence-corrected chi connectivity index (χ0v) is 12.4. The molecule has 0 fully saturated rings. The van der Waals surface area contributed by atoms with E-state index in [1.54, 1.807) is 6.08 Å². The predicted octanol–water partition coefficient (Wildman–Crippen LogP) is 3.92. The second kappa shape index (κ2) is 5.53. The van der Waals surface area contributed by atoms with E-state index in [9.17, 15) is 4.79 Å². The molecule has 0 aliphatic rings. The number of rotatable bonds is 3. The van der Waals surface area contributed by atoms with Crippen LogP contribution in [0.4, 0.5) is 5.69 Å². The summed E-state index contributed by atoms with van der Waals surface area (Å²) in [4.78, 5) is 11.8. The van der Waals surface area contributed by atoms with Crippen LogP contribution in [-0.4, -0.2) is 0 Å². The van der Waals surface area contributed by atoms with Crippen molar-refractivity contribution in [1.82, 2.24) is 0 Å². The lowest BCUT2D eigenvalue weighted by Gasteiger charge is -2.11. The standard InChI is InChI=1S/C19H17NO2/c1-3-13-9-15(10-14-7-5-4-6-8-14)17-12(2)18(20)19(21)22-16(17)11-13/h3-9,11H,1,10,20H2,2H3. The first kappa shape index (κ1) is 14.1. The van der Waals surface area contributed by atoms with Gasteiger partial charge in [0.25, 0.3) is 0 Å². The summed E-state index contributed by atoms with van der Waals surface area (Å²) in [6.45, 7) is 5.66. The van der Waals surface area contributed by atoms with E-state index < -0.39 is 5.63 Å². The minimum Gasteiger partial charge on any atom is -0.421 e. The Hall–Kier alpha value is -2.81. The van der Waals surface area contributed by atoms with Gasteiger partial charge in [0.05, 0.1) is 0 Å². The maximum absolute atomic E-state index is 11.8. The summed E-state index contributed by atoms with van der Waals surface area (Å²) in [5.74, 6) is 0. The van der Waals surface area contributed by atoms with Crippen LogP contribution in [0.15, 0.2) is 58.3 Å². The third-order valence-corrected chi connectivity index (χ3v) is 3.88. The van der Waals surface area contributed by atoms with Gasteiger partial charge < -0.3 is 10.2 Å². The molecule has 3 rings (SSSR count). The van der Waals surface area contributed by atoms with Gasteiger partial charge in [-0.1, -0.05) is 49.1 Å². The Bertz CT molecular complexity index is 908. The molecule has 0 aliphatic carbocycles. The summed E-state index contributed by atoms with van der Waals surface area (Å²) >= 11 is 0. The van der Waals surface area contributed by atoms with Crippen molar-refractivity contribution in [2.75, 3.05) is 5.73 Å². The van der Waals surface area contributed by atoms with Gasteiger partial charge in [0.2, 0.25) is 0 Å². The van der Waals surface area contributed by atoms with Gasteiger partial charge in [0.15, 0.2) is 0 Å². The van der Waals surface area contributed by atoms with Crippen LogP contribution in [0.3, 0.4) is 0 Å². The molecule has 3 heteroatoms. The highest BCUT2D eigenvalue weighted by molar-refractivity contribution is 5.89. The molecule has 2 aromatic carbocycles. The molecule has 0 saturated heterocycles. The zero-order chi connectivity index (χ0) is 15.7. The number of hydrogen-bond donors (Lipinski definition) is 1. The number of fused-ring (bicyclic) bond motifs is 1. The van der Waals surface area contributed by atoms with Crippen LogP contribution in [0, 0.1) is 6.92 Å². The van der Waals surface area contributed by atoms with Crippen LogP contribution >= 0.6 is 0 Å². The number of aryl methyl sites for hydroxylation is 1. The molecule has 0 unspecified atom stereocenters. The lowest BCUT2D eigenvalue weighted by atomic mass is 9.95. The minimum absolute atomic E-state index is 0.174. The van der Waals surface area contributed by atoms with Crippen molar-refractivity contribution in [1.29, 1.82) is 0 Å². The van der Waals surface area contributed by atoms with Crippen molar-refractivity contribution in [3.63, 3.8) is 0 Å². The number of anilines is 1. The van der Waals surface area contributed by atoms with Crippen molar-refractivity contribution < 1.29 is 4.42 Å². The minimum atomic E-state index is -0.489. The first-order valence-electron chi connectivity index (χ1n) is 7.12. The molecular formula is C19H17NO2. The highest BCUT2D eigenvalue weighted by atomic mass is 16.4. The quantitative estimate of drug-likeness (QED) is 0.744. The fourth-order valence-corrected chi connectivity index (χ4v) is 2.72. The molecule has 1 aromatic heterocycles. The van der Waals surface area contributed by atoms with E-state index in [2.05, 4.69) is 24.8 Å². The SMILES string of the molecule is C=Cc1cc(Cc2ccccc2)c2c(C)c(N)c(=O)oc2c1. The van der Waals surface area contributed by atoms with Crippen molar-refractivity contribution in [2.45, 2.75) is 13.3 Å². The van der Waals surface area contributed by atoms with Crippen LogP contribution in [0.5, 0.6) is 0 Å². The fraction of sp³-hybridized carbons (Fsp3) is 0.105. The molecule has 3 aromatic rings. The molecule has 0 aliphatic heterocycles. The Morgan fingerprint density at radius 1 is 1.23 bits per heavy atom. The molecule has 0 radical (unpaired) electrons. The Labute approximate surface area is 128 Å². The number of benzene rings is 2. The molecule has 0 atom stereocenters. The van der Waals surface area contributed by atoms with Crippen LogP contribution in [-0.2, 0) is 6.42 Å². The van der Waals surface area contributed by atoms with Gasteiger partial charge in [-0.25, -0.2) is 4.79 Å². The summed E-state index contributed by atoms with van der Waals surface area (Å²) < 4.78 is 5.37.